The summed E-state index contributed by atoms with van der Waals surface area (Å²) in [5.41, 5.74) is 3.73. The Kier molecular flexibility index (Phi) is 5.10. The Morgan fingerprint density at radius 2 is 1.86 bits per heavy atom. The maximum Gasteiger partial charge on any atom is 0.244 e. The first kappa shape index (κ1) is 19.6. The summed E-state index contributed by atoms with van der Waals surface area (Å²) in [7, 11) is -3.71. The Morgan fingerprint density at radius 3 is 2.57 bits per heavy atom. The molecule has 0 N–H and O–H groups in total. The standard InChI is InChI=1S/C21H26N2O3S2/c1-14-11-15(2)20(16(3)12-14)28(25,26)23-8-4-5-18(23)21(24)22-9-6-19-17(13-22)7-10-27-19/h7,10-12,18H,4-6,8-9,13H2,1-3H3. The van der Waals surface area contributed by atoms with Gasteiger partial charge in [-0.05, 0) is 68.2 Å². The Balaban J connectivity index is 1.62. The van der Waals surface area contributed by atoms with Crippen molar-refractivity contribution in [1.82, 2.24) is 9.21 Å². The van der Waals surface area contributed by atoms with Crippen LogP contribution < -0.4 is 0 Å². The van der Waals surface area contributed by atoms with Gasteiger partial charge in [0.1, 0.15) is 6.04 Å². The molecular formula is C21H26N2O3S2. The van der Waals surface area contributed by atoms with Crippen LogP contribution in [0.5, 0.6) is 0 Å². The van der Waals surface area contributed by atoms with Crippen LogP contribution in [0.4, 0.5) is 0 Å². The molecule has 28 heavy (non-hydrogen) atoms. The first-order chi connectivity index (χ1) is 13.3. The molecule has 5 nitrogen and oxygen atoms in total. The summed E-state index contributed by atoms with van der Waals surface area (Å²) in [4.78, 5) is 16.8. The molecule has 0 bridgehead atoms. The summed E-state index contributed by atoms with van der Waals surface area (Å²) in [6, 6.07) is 5.28. The van der Waals surface area contributed by atoms with Crippen LogP contribution in [-0.2, 0) is 27.8 Å². The largest absolute Gasteiger partial charge is 0.337 e. The molecule has 150 valence electrons. The molecule has 0 spiro atoms. The average Bonchev–Trinajstić information content (AvgIpc) is 3.28. The monoisotopic (exact) mass is 418 g/mol. The van der Waals surface area contributed by atoms with E-state index in [1.807, 2.05) is 37.8 Å². The second kappa shape index (κ2) is 7.28. The summed E-state index contributed by atoms with van der Waals surface area (Å²) >= 11 is 1.73. The minimum absolute atomic E-state index is 0.0552. The first-order valence-corrected chi connectivity index (χ1v) is 12.0. The Bertz CT molecular complexity index is 1000. The van der Waals surface area contributed by atoms with Gasteiger partial charge in [0.05, 0.1) is 4.90 Å². The van der Waals surface area contributed by atoms with E-state index in [1.54, 1.807) is 11.3 Å². The van der Waals surface area contributed by atoms with Crippen LogP contribution in [0.15, 0.2) is 28.5 Å². The second-order valence-corrected chi connectivity index (χ2v) is 10.7. The van der Waals surface area contributed by atoms with Gasteiger partial charge in [-0.2, -0.15) is 4.31 Å². The minimum atomic E-state index is -3.71. The Morgan fingerprint density at radius 1 is 1.14 bits per heavy atom. The Hall–Kier alpha value is -1.70. The van der Waals surface area contributed by atoms with Gasteiger partial charge < -0.3 is 4.90 Å². The van der Waals surface area contributed by atoms with Crippen LogP contribution in [0.1, 0.15) is 40.0 Å². The zero-order valence-electron chi connectivity index (χ0n) is 16.6. The third-order valence-corrected chi connectivity index (χ3v) is 9.02. The maximum atomic E-state index is 13.5. The summed E-state index contributed by atoms with van der Waals surface area (Å²) in [5.74, 6) is -0.0552. The van der Waals surface area contributed by atoms with Gasteiger partial charge in [0.15, 0.2) is 0 Å². The zero-order chi connectivity index (χ0) is 20.1. The highest BCUT2D eigenvalue weighted by Gasteiger charge is 2.42. The van der Waals surface area contributed by atoms with E-state index in [1.165, 1.54) is 14.7 Å². The minimum Gasteiger partial charge on any atom is -0.337 e. The molecule has 0 aliphatic carbocycles. The van der Waals surface area contributed by atoms with Gasteiger partial charge in [0, 0.05) is 24.5 Å². The van der Waals surface area contributed by atoms with Crippen LogP contribution in [0.3, 0.4) is 0 Å². The van der Waals surface area contributed by atoms with E-state index in [0.717, 1.165) is 29.5 Å². The topological polar surface area (TPSA) is 57.7 Å². The van der Waals surface area contributed by atoms with Crippen molar-refractivity contribution >= 4 is 27.3 Å². The molecule has 0 saturated carbocycles. The highest BCUT2D eigenvalue weighted by atomic mass is 32.2. The summed E-state index contributed by atoms with van der Waals surface area (Å²) in [5, 5.41) is 2.06. The van der Waals surface area contributed by atoms with Gasteiger partial charge in [0.2, 0.25) is 15.9 Å². The second-order valence-electron chi connectivity index (χ2n) is 7.88. The van der Waals surface area contributed by atoms with Crippen LogP contribution in [0.2, 0.25) is 0 Å². The van der Waals surface area contributed by atoms with Gasteiger partial charge >= 0.3 is 0 Å². The van der Waals surface area contributed by atoms with E-state index in [4.69, 9.17) is 0 Å². The Labute approximate surface area is 171 Å². The molecular weight excluding hydrogens is 392 g/mol. The van der Waals surface area contributed by atoms with Crippen molar-refractivity contribution in [3.63, 3.8) is 0 Å². The third-order valence-electron chi connectivity index (χ3n) is 5.78. The molecule has 0 radical (unpaired) electrons. The normalized spacial score (nSPS) is 20.4. The van der Waals surface area contributed by atoms with Crippen molar-refractivity contribution < 1.29 is 13.2 Å². The predicted octanol–water partition coefficient (Wildman–Crippen LogP) is 3.41. The number of sulfonamides is 1. The fraction of sp³-hybridized carbons (Fsp3) is 0.476. The van der Waals surface area contributed by atoms with E-state index in [9.17, 15) is 13.2 Å². The molecule has 1 aromatic carbocycles. The highest BCUT2D eigenvalue weighted by molar-refractivity contribution is 7.89. The molecule has 1 amide bonds. The number of carbonyl (C=O) groups excluding carboxylic acids is 1. The summed E-state index contributed by atoms with van der Waals surface area (Å²) in [6.45, 7) is 7.30. The van der Waals surface area contributed by atoms with Crippen LogP contribution >= 0.6 is 11.3 Å². The van der Waals surface area contributed by atoms with Gasteiger partial charge in [-0.15, -0.1) is 11.3 Å². The number of thiophene rings is 1. The fourth-order valence-electron chi connectivity index (χ4n) is 4.61. The van der Waals surface area contributed by atoms with E-state index in [-0.39, 0.29) is 5.91 Å². The highest BCUT2D eigenvalue weighted by Crippen LogP contribution is 2.32. The van der Waals surface area contributed by atoms with Crippen molar-refractivity contribution in [1.29, 1.82) is 0 Å². The number of nitrogens with zero attached hydrogens (tertiary/aromatic N) is 2. The molecule has 3 heterocycles. The van der Waals surface area contributed by atoms with E-state index in [0.29, 0.717) is 31.0 Å². The molecule has 1 atom stereocenters. The number of carbonyl (C=O) groups is 1. The molecule has 1 fully saturated rings. The number of aryl methyl sites for hydroxylation is 3. The van der Waals surface area contributed by atoms with Crippen molar-refractivity contribution in [2.24, 2.45) is 0 Å². The van der Waals surface area contributed by atoms with Gasteiger partial charge in [-0.3, -0.25) is 4.79 Å². The molecule has 2 aromatic rings. The maximum absolute atomic E-state index is 13.5. The van der Waals surface area contributed by atoms with Crippen LogP contribution in [0, 0.1) is 20.8 Å². The van der Waals surface area contributed by atoms with Gasteiger partial charge in [-0.25, -0.2) is 8.42 Å². The molecule has 2 aliphatic rings. The lowest BCUT2D eigenvalue weighted by molar-refractivity contribution is -0.135. The molecule has 2 aliphatic heterocycles. The molecule has 1 saturated heterocycles. The van der Waals surface area contributed by atoms with Crippen molar-refractivity contribution in [2.45, 2.75) is 57.5 Å². The van der Waals surface area contributed by atoms with Crippen molar-refractivity contribution in [2.75, 3.05) is 13.1 Å². The van der Waals surface area contributed by atoms with E-state index < -0.39 is 16.1 Å². The molecule has 4 rings (SSSR count). The lowest BCUT2D eigenvalue weighted by Crippen LogP contribution is -2.49. The SMILES string of the molecule is Cc1cc(C)c(S(=O)(=O)N2CCCC2C(=O)N2CCc3sccc3C2)c(C)c1. The summed E-state index contributed by atoms with van der Waals surface area (Å²) in [6.07, 6.45) is 2.17. The van der Waals surface area contributed by atoms with Crippen LogP contribution in [0.25, 0.3) is 0 Å². The number of amides is 1. The van der Waals surface area contributed by atoms with Gasteiger partial charge in [-0.1, -0.05) is 17.7 Å². The quantitative estimate of drug-likeness (QED) is 0.768. The fourth-order valence-corrected chi connectivity index (χ4v) is 7.57. The number of hydrogen-bond donors (Lipinski definition) is 0. The molecule has 7 heteroatoms. The van der Waals surface area contributed by atoms with E-state index in [2.05, 4.69) is 11.4 Å². The van der Waals surface area contributed by atoms with Gasteiger partial charge in [0.25, 0.3) is 0 Å². The molecule has 1 aromatic heterocycles. The average molecular weight is 419 g/mol. The smallest absolute Gasteiger partial charge is 0.244 e. The number of fused-ring (bicyclic) bond motifs is 1. The van der Waals surface area contributed by atoms with Crippen molar-refractivity contribution in [3.05, 3.63) is 50.7 Å². The first-order valence-electron chi connectivity index (χ1n) is 9.73. The number of hydrogen-bond acceptors (Lipinski definition) is 4. The van der Waals surface area contributed by atoms with Crippen LogP contribution in [-0.4, -0.2) is 42.7 Å². The number of rotatable bonds is 3. The number of benzene rings is 1. The zero-order valence-corrected chi connectivity index (χ0v) is 18.2. The third kappa shape index (κ3) is 3.29. The lowest BCUT2D eigenvalue weighted by Gasteiger charge is -2.32. The molecule has 1 unspecified atom stereocenters. The van der Waals surface area contributed by atoms with E-state index >= 15 is 0 Å². The van der Waals surface area contributed by atoms with Crippen molar-refractivity contribution in [3.8, 4) is 0 Å². The predicted molar refractivity (Wildman–Crippen MR) is 111 cm³/mol. The summed E-state index contributed by atoms with van der Waals surface area (Å²) < 4.78 is 28.4. The lowest BCUT2D eigenvalue weighted by atomic mass is 10.1.